The van der Waals surface area contributed by atoms with Crippen molar-refractivity contribution >= 4 is 11.6 Å². The Morgan fingerprint density at radius 1 is 1.63 bits per heavy atom. The molecule has 1 atom stereocenters. The highest BCUT2D eigenvalue weighted by atomic mass is 19.1. The molecule has 1 aromatic carbocycles. The van der Waals surface area contributed by atoms with Gasteiger partial charge in [0.15, 0.2) is 0 Å². The Hall–Kier alpha value is -1.66. The smallest absolute Gasteiger partial charge is 0.250 e. The molecule has 1 aliphatic heterocycles. The lowest BCUT2D eigenvalue weighted by Gasteiger charge is -2.29. The molecule has 0 spiro atoms. The van der Waals surface area contributed by atoms with Crippen LogP contribution in [-0.4, -0.2) is 45.3 Å². The number of carbonyl (C=O) groups excluding carboxylic acids is 1. The summed E-state index contributed by atoms with van der Waals surface area (Å²) in [6.07, 6.45) is 0.0459. The van der Waals surface area contributed by atoms with Gasteiger partial charge in [0.05, 0.1) is 18.3 Å². The van der Waals surface area contributed by atoms with E-state index < -0.39 is 11.7 Å². The van der Waals surface area contributed by atoms with Gasteiger partial charge in [0.2, 0.25) is 0 Å². The highest BCUT2D eigenvalue weighted by Crippen LogP contribution is 2.21. The van der Waals surface area contributed by atoms with Gasteiger partial charge in [0, 0.05) is 32.4 Å². The minimum atomic E-state index is -0.635. The molecule has 1 saturated heterocycles. The number of likely N-dealkylation sites (N-methyl/N-ethyl adjacent to an activating group) is 1. The number of amides is 1. The monoisotopic (exact) mass is 267 g/mol. The average molecular weight is 267 g/mol. The van der Waals surface area contributed by atoms with Crippen molar-refractivity contribution in [2.24, 2.45) is 5.73 Å². The molecule has 104 valence electrons. The van der Waals surface area contributed by atoms with Crippen LogP contribution in [0.2, 0.25) is 0 Å². The van der Waals surface area contributed by atoms with Crippen molar-refractivity contribution in [2.45, 2.75) is 6.10 Å². The Labute approximate surface area is 111 Å². The summed E-state index contributed by atoms with van der Waals surface area (Å²) in [5.41, 5.74) is 6.08. The lowest BCUT2D eigenvalue weighted by molar-refractivity contribution is 0.0340. The van der Waals surface area contributed by atoms with E-state index in [1.807, 2.05) is 11.9 Å². The number of hydrogen-bond donors (Lipinski definition) is 2. The highest BCUT2D eigenvalue weighted by Gasteiger charge is 2.19. The number of hydrogen-bond acceptors (Lipinski definition) is 4. The van der Waals surface area contributed by atoms with Crippen LogP contribution in [0.25, 0.3) is 0 Å². The summed E-state index contributed by atoms with van der Waals surface area (Å²) < 4.78 is 18.8. The van der Waals surface area contributed by atoms with Crippen LogP contribution in [0.5, 0.6) is 0 Å². The number of nitrogens with one attached hydrogen (secondary N) is 1. The molecule has 0 bridgehead atoms. The van der Waals surface area contributed by atoms with Gasteiger partial charge >= 0.3 is 0 Å². The number of ether oxygens (including phenoxy) is 1. The molecule has 6 heteroatoms. The molecular weight excluding hydrogens is 249 g/mol. The summed E-state index contributed by atoms with van der Waals surface area (Å²) in [5.74, 6) is -1.11. The molecule has 0 aromatic heterocycles. The number of anilines is 1. The molecule has 0 saturated carbocycles. The van der Waals surface area contributed by atoms with Crippen LogP contribution < -0.4 is 16.0 Å². The van der Waals surface area contributed by atoms with Crippen LogP contribution in [0, 0.1) is 5.82 Å². The molecule has 3 N–H and O–H groups in total. The van der Waals surface area contributed by atoms with E-state index in [-0.39, 0.29) is 11.7 Å². The van der Waals surface area contributed by atoms with Gasteiger partial charge in [-0.1, -0.05) is 0 Å². The fourth-order valence-electron chi connectivity index (χ4n) is 2.18. The summed E-state index contributed by atoms with van der Waals surface area (Å²) in [5, 5.41) is 3.23. The summed E-state index contributed by atoms with van der Waals surface area (Å²) in [6, 6.07) is 4.04. The quantitative estimate of drug-likeness (QED) is 0.826. The second kappa shape index (κ2) is 5.99. The third-order valence-corrected chi connectivity index (χ3v) is 3.12. The van der Waals surface area contributed by atoms with E-state index in [0.717, 1.165) is 19.2 Å². The van der Waals surface area contributed by atoms with Crippen LogP contribution in [0.15, 0.2) is 18.2 Å². The van der Waals surface area contributed by atoms with E-state index in [0.29, 0.717) is 18.8 Å². The van der Waals surface area contributed by atoms with Crippen molar-refractivity contribution < 1.29 is 13.9 Å². The standard InChI is InChI=1S/C13H18FN3O2/c1-17(8-10-7-16-4-5-19-10)12-3-2-9(14)6-11(12)13(15)18/h2-3,6,10,16H,4-5,7-8H2,1H3,(H2,15,18). The molecule has 0 radical (unpaired) electrons. The second-order valence-corrected chi connectivity index (χ2v) is 4.60. The minimum Gasteiger partial charge on any atom is -0.374 e. The lowest BCUT2D eigenvalue weighted by atomic mass is 10.1. The molecule has 1 fully saturated rings. The molecule has 1 heterocycles. The number of primary amides is 1. The summed E-state index contributed by atoms with van der Waals surface area (Å²) >= 11 is 0. The van der Waals surface area contributed by atoms with Crippen molar-refractivity contribution in [3.63, 3.8) is 0 Å². The van der Waals surface area contributed by atoms with Crippen molar-refractivity contribution in [1.82, 2.24) is 5.32 Å². The average Bonchev–Trinajstić information content (AvgIpc) is 2.39. The van der Waals surface area contributed by atoms with E-state index in [2.05, 4.69) is 5.32 Å². The van der Waals surface area contributed by atoms with Gasteiger partial charge in [-0.15, -0.1) is 0 Å². The number of nitrogens with zero attached hydrogens (tertiary/aromatic N) is 1. The zero-order valence-electron chi connectivity index (χ0n) is 10.9. The highest BCUT2D eigenvalue weighted by molar-refractivity contribution is 5.98. The Kier molecular flexibility index (Phi) is 4.34. The predicted molar refractivity (Wildman–Crippen MR) is 70.8 cm³/mol. The number of morpholine rings is 1. The number of halogens is 1. The number of rotatable bonds is 4. The van der Waals surface area contributed by atoms with E-state index in [1.165, 1.54) is 6.07 Å². The molecule has 1 unspecified atom stereocenters. The Morgan fingerprint density at radius 2 is 2.42 bits per heavy atom. The van der Waals surface area contributed by atoms with Crippen LogP contribution in [0.4, 0.5) is 10.1 Å². The SMILES string of the molecule is CN(CC1CNCCO1)c1ccc(F)cc1C(N)=O. The Bertz CT molecular complexity index is 461. The third-order valence-electron chi connectivity index (χ3n) is 3.12. The Balaban J connectivity index is 2.13. The molecule has 1 amide bonds. The first-order valence-corrected chi connectivity index (χ1v) is 6.20. The van der Waals surface area contributed by atoms with Crippen molar-refractivity contribution in [2.75, 3.05) is 38.2 Å². The predicted octanol–water partition coefficient (Wildman–Crippen LogP) is 0.349. The summed E-state index contributed by atoms with van der Waals surface area (Å²) in [4.78, 5) is 13.2. The largest absolute Gasteiger partial charge is 0.374 e. The third kappa shape index (κ3) is 3.42. The molecule has 1 aromatic rings. The van der Waals surface area contributed by atoms with Crippen LogP contribution in [-0.2, 0) is 4.74 Å². The molecule has 5 nitrogen and oxygen atoms in total. The normalized spacial score (nSPS) is 19.2. The minimum absolute atomic E-state index is 0.0459. The summed E-state index contributed by atoms with van der Waals surface area (Å²) in [7, 11) is 1.83. The van der Waals surface area contributed by atoms with Gasteiger partial charge in [-0.3, -0.25) is 4.79 Å². The lowest BCUT2D eigenvalue weighted by Crippen LogP contribution is -2.44. The van der Waals surface area contributed by atoms with Gasteiger partial charge in [-0.25, -0.2) is 4.39 Å². The van der Waals surface area contributed by atoms with E-state index in [1.54, 1.807) is 6.07 Å². The Morgan fingerprint density at radius 3 is 3.05 bits per heavy atom. The van der Waals surface area contributed by atoms with E-state index >= 15 is 0 Å². The molecule has 0 aliphatic carbocycles. The van der Waals surface area contributed by atoms with Crippen LogP contribution in [0.3, 0.4) is 0 Å². The molecule has 1 aliphatic rings. The zero-order chi connectivity index (χ0) is 13.8. The fraction of sp³-hybridized carbons (Fsp3) is 0.462. The fourth-order valence-corrected chi connectivity index (χ4v) is 2.18. The number of carbonyl (C=O) groups is 1. The number of benzene rings is 1. The van der Waals surface area contributed by atoms with Gasteiger partial charge in [0.25, 0.3) is 5.91 Å². The maximum absolute atomic E-state index is 13.2. The first kappa shape index (κ1) is 13.8. The first-order valence-electron chi connectivity index (χ1n) is 6.20. The second-order valence-electron chi connectivity index (χ2n) is 4.60. The molecule has 2 rings (SSSR count). The van der Waals surface area contributed by atoms with Gasteiger partial charge in [-0.05, 0) is 18.2 Å². The van der Waals surface area contributed by atoms with E-state index in [4.69, 9.17) is 10.5 Å². The summed E-state index contributed by atoms with van der Waals surface area (Å²) in [6.45, 7) is 2.89. The number of nitrogens with two attached hydrogens (primary N) is 1. The molecule has 19 heavy (non-hydrogen) atoms. The van der Waals surface area contributed by atoms with Crippen molar-refractivity contribution in [3.05, 3.63) is 29.6 Å². The maximum Gasteiger partial charge on any atom is 0.250 e. The van der Waals surface area contributed by atoms with Crippen LogP contribution in [0.1, 0.15) is 10.4 Å². The van der Waals surface area contributed by atoms with Crippen molar-refractivity contribution in [3.8, 4) is 0 Å². The van der Waals surface area contributed by atoms with Gasteiger partial charge in [-0.2, -0.15) is 0 Å². The maximum atomic E-state index is 13.2. The topological polar surface area (TPSA) is 67.6 Å². The molecular formula is C13H18FN3O2. The van der Waals surface area contributed by atoms with Gasteiger partial charge in [0.1, 0.15) is 5.82 Å². The van der Waals surface area contributed by atoms with Gasteiger partial charge < -0.3 is 20.7 Å². The van der Waals surface area contributed by atoms with E-state index in [9.17, 15) is 9.18 Å². The zero-order valence-corrected chi connectivity index (χ0v) is 10.9. The van der Waals surface area contributed by atoms with Crippen molar-refractivity contribution in [1.29, 1.82) is 0 Å². The van der Waals surface area contributed by atoms with Crippen LogP contribution >= 0.6 is 0 Å². The first-order chi connectivity index (χ1) is 9.08.